The van der Waals surface area contributed by atoms with Crippen LogP contribution >= 0.6 is 0 Å². The summed E-state index contributed by atoms with van der Waals surface area (Å²) in [6.45, 7) is 4.23. The minimum absolute atomic E-state index is 0.163. The lowest BCUT2D eigenvalue weighted by Crippen LogP contribution is -2.49. The molecule has 1 aliphatic rings. The fraction of sp³-hybridized carbons (Fsp3) is 0.714. The van der Waals surface area contributed by atoms with E-state index in [0.29, 0.717) is 12.8 Å². The zero-order valence-electron chi connectivity index (χ0n) is 7.18. The van der Waals surface area contributed by atoms with Crippen molar-refractivity contribution in [2.75, 3.05) is 6.54 Å². The molecule has 0 aromatic carbocycles. The van der Waals surface area contributed by atoms with Gasteiger partial charge in [0.25, 0.3) is 5.91 Å². The second-order valence-electron chi connectivity index (χ2n) is 3.20. The van der Waals surface area contributed by atoms with Crippen LogP contribution in [0, 0.1) is 0 Å². The molecule has 1 saturated heterocycles. The van der Waals surface area contributed by atoms with Gasteiger partial charge in [-0.2, -0.15) is 0 Å². The van der Waals surface area contributed by atoms with E-state index in [1.54, 1.807) is 0 Å². The number of hydrogen-bond donors (Lipinski definition) is 3. The predicted octanol–water partition coefficient (Wildman–Crippen LogP) is -1.44. The van der Waals surface area contributed by atoms with Crippen molar-refractivity contribution in [3.63, 3.8) is 0 Å². The Morgan fingerprint density at radius 1 is 1.67 bits per heavy atom. The van der Waals surface area contributed by atoms with Gasteiger partial charge in [0.1, 0.15) is 0 Å². The van der Waals surface area contributed by atoms with E-state index in [-0.39, 0.29) is 11.9 Å². The molecule has 0 bridgehead atoms. The molecule has 1 amide bonds. The second-order valence-corrected chi connectivity index (χ2v) is 3.20. The van der Waals surface area contributed by atoms with E-state index in [0.717, 1.165) is 0 Å². The molecule has 0 aromatic rings. The lowest BCUT2D eigenvalue weighted by atomic mass is 10.2. The molecule has 1 heterocycles. The van der Waals surface area contributed by atoms with E-state index in [2.05, 4.69) is 16.2 Å². The molecule has 0 aromatic heterocycles. The molecule has 1 aliphatic heterocycles. The van der Waals surface area contributed by atoms with Gasteiger partial charge in [-0.1, -0.05) is 0 Å². The van der Waals surface area contributed by atoms with Crippen LogP contribution in [-0.2, 0) is 9.59 Å². The van der Waals surface area contributed by atoms with Crippen LogP contribution in [0.2, 0.25) is 0 Å². The van der Waals surface area contributed by atoms with Crippen molar-refractivity contribution < 1.29 is 9.59 Å². The first-order valence-electron chi connectivity index (χ1n) is 3.88. The summed E-state index contributed by atoms with van der Waals surface area (Å²) in [5.41, 5.74) is 4.22. The standard InChI is InChI=1S/C7H13N3O2/c1-5(2)9-10-6(12)7(4-11)3-8-7/h4-5,8-9H,3H2,1-2H3,(H,10,12). The average molecular weight is 171 g/mol. The summed E-state index contributed by atoms with van der Waals surface area (Å²) >= 11 is 0. The maximum atomic E-state index is 11.2. The number of hydrazine groups is 1. The molecule has 0 saturated carbocycles. The third kappa shape index (κ3) is 1.80. The number of amides is 1. The number of carbonyl (C=O) groups is 2. The lowest BCUT2D eigenvalue weighted by molar-refractivity contribution is -0.128. The summed E-state index contributed by atoms with van der Waals surface area (Å²) in [6.07, 6.45) is 0.629. The maximum absolute atomic E-state index is 11.2. The number of nitrogens with one attached hydrogen (secondary N) is 3. The molecule has 1 fully saturated rings. The van der Waals surface area contributed by atoms with E-state index < -0.39 is 5.54 Å². The monoisotopic (exact) mass is 171 g/mol. The molecule has 1 unspecified atom stereocenters. The minimum Gasteiger partial charge on any atom is -0.301 e. The van der Waals surface area contributed by atoms with Crippen LogP contribution in [0.3, 0.4) is 0 Å². The van der Waals surface area contributed by atoms with Crippen molar-refractivity contribution in [1.82, 2.24) is 16.2 Å². The Morgan fingerprint density at radius 3 is 2.58 bits per heavy atom. The lowest BCUT2D eigenvalue weighted by Gasteiger charge is -2.11. The topological polar surface area (TPSA) is 80.1 Å². The zero-order chi connectivity index (χ0) is 9.19. The predicted molar refractivity (Wildman–Crippen MR) is 43.2 cm³/mol. The van der Waals surface area contributed by atoms with Crippen LogP contribution in [-0.4, -0.2) is 30.3 Å². The van der Waals surface area contributed by atoms with Crippen molar-refractivity contribution >= 4 is 12.2 Å². The highest BCUT2D eigenvalue weighted by molar-refractivity contribution is 6.05. The van der Waals surface area contributed by atoms with Gasteiger partial charge in [0.05, 0.1) is 0 Å². The van der Waals surface area contributed by atoms with Crippen LogP contribution in [0.5, 0.6) is 0 Å². The maximum Gasteiger partial charge on any atom is 0.263 e. The van der Waals surface area contributed by atoms with Crippen molar-refractivity contribution in [2.24, 2.45) is 0 Å². The summed E-state index contributed by atoms with van der Waals surface area (Å²) in [5, 5.41) is 2.70. The van der Waals surface area contributed by atoms with Gasteiger partial charge >= 0.3 is 0 Å². The first kappa shape index (κ1) is 9.15. The number of carbonyl (C=O) groups excluding carboxylic acids is 2. The van der Waals surface area contributed by atoms with E-state index in [1.165, 1.54) is 0 Å². The fourth-order valence-corrected chi connectivity index (χ4v) is 0.714. The Hall–Kier alpha value is -0.940. The first-order chi connectivity index (χ1) is 5.60. The van der Waals surface area contributed by atoms with E-state index in [4.69, 9.17) is 0 Å². The molecule has 0 aliphatic carbocycles. The SMILES string of the molecule is CC(C)NNC(=O)C1(C=O)CN1. The summed E-state index contributed by atoms with van der Waals surface area (Å²) < 4.78 is 0. The Labute approximate surface area is 70.9 Å². The molecule has 68 valence electrons. The van der Waals surface area contributed by atoms with Crippen LogP contribution in [0.15, 0.2) is 0 Å². The minimum atomic E-state index is -0.956. The van der Waals surface area contributed by atoms with E-state index >= 15 is 0 Å². The van der Waals surface area contributed by atoms with Gasteiger partial charge in [-0.05, 0) is 13.8 Å². The second kappa shape index (κ2) is 3.20. The summed E-state index contributed by atoms with van der Waals surface area (Å²) in [6, 6.07) is 0.163. The van der Waals surface area contributed by atoms with Gasteiger partial charge in [0.2, 0.25) is 0 Å². The fourth-order valence-electron chi connectivity index (χ4n) is 0.714. The van der Waals surface area contributed by atoms with Gasteiger partial charge in [0.15, 0.2) is 11.8 Å². The number of hydrogen-bond acceptors (Lipinski definition) is 4. The van der Waals surface area contributed by atoms with Gasteiger partial charge in [0, 0.05) is 12.6 Å². The Kier molecular flexibility index (Phi) is 2.44. The summed E-state index contributed by atoms with van der Waals surface area (Å²) in [5.74, 6) is -0.314. The molecular formula is C7H13N3O2. The third-order valence-corrected chi connectivity index (χ3v) is 1.64. The molecule has 5 heteroatoms. The van der Waals surface area contributed by atoms with Gasteiger partial charge in [-0.25, -0.2) is 5.43 Å². The molecular weight excluding hydrogens is 158 g/mol. The molecule has 12 heavy (non-hydrogen) atoms. The smallest absolute Gasteiger partial charge is 0.263 e. The molecule has 5 nitrogen and oxygen atoms in total. The highest BCUT2D eigenvalue weighted by Crippen LogP contribution is 2.12. The summed E-state index contributed by atoms with van der Waals surface area (Å²) in [7, 11) is 0. The zero-order valence-corrected chi connectivity index (χ0v) is 7.18. The molecule has 1 rings (SSSR count). The van der Waals surface area contributed by atoms with Crippen molar-refractivity contribution in [1.29, 1.82) is 0 Å². The molecule has 1 atom stereocenters. The van der Waals surface area contributed by atoms with Crippen LogP contribution < -0.4 is 16.2 Å². The molecule has 3 N–H and O–H groups in total. The Balaban J connectivity index is 2.34. The van der Waals surface area contributed by atoms with Crippen LogP contribution in [0.1, 0.15) is 13.8 Å². The number of rotatable bonds is 4. The molecule has 0 radical (unpaired) electrons. The highest BCUT2D eigenvalue weighted by Gasteiger charge is 2.49. The normalized spacial score (nSPS) is 26.9. The largest absolute Gasteiger partial charge is 0.301 e. The van der Waals surface area contributed by atoms with Crippen molar-refractivity contribution in [3.8, 4) is 0 Å². The van der Waals surface area contributed by atoms with Crippen LogP contribution in [0.25, 0.3) is 0 Å². The Morgan fingerprint density at radius 2 is 2.25 bits per heavy atom. The van der Waals surface area contributed by atoms with E-state index in [9.17, 15) is 9.59 Å². The van der Waals surface area contributed by atoms with E-state index in [1.807, 2.05) is 13.8 Å². The quantitative estimate of drug-likeness (QED) is 0.209. The van der Waals surface area contributed by atoms with Gasteiger partial charge < -0.3 is 4.79 Å². The van der Waals surface area contributed by atoms with Crippen molar-refractivity contribution in [2.45, 2.75) is 25.4 Å². The summed E-state index contributed by atoms with van der Waals surface area (Å²) in [4.78, 5) is 21.6. The van der Waals surface area contributed by atoms with Crippen molar-refractivity contribution in [3.05, 3.63) is 0 Å². The Bertz CT molecular complexity index is 199. The average Bonchev–Trinajstić information content (AvgIpc) is 2.80. The highest BCUT2D eigenvalue weighted by atomic mass is 16.2. The molecule has 0 spiro atoms. The van der Waals surface area contributed by atoms with Gasteiger partial charge in [-0.3, -0.25) is 15.5 Å². The van der Waals surface area contributed by atoms with Gasteiger partial charge in [-0.15, -0.1) is 0 Å². The first-order valence-corrected chi connectivity index (χ1v) is 3.88. The van der Waals surface area contributed by atoms with Crippen LogP contribution in [0.4, 0.5) is 0 Å². The third-order valence-electron chi connectivity index (χ3n) is 1.64. The number of aldehydes is 1.